The van der Waals surface area contributed by atoms with Crippen LogP contribution < -0.4 is 11.1 Å². The third-order valence-corrected chi connectivity index (χ3v) is 3.70. The minimum Gasteiger partial charge on any atom is -0.344 e. The van der Waals surface area contributed by atoms with Gasteiger partial charge in [-0.15, -0.1) is 6.58 Å². The van der Waals surface area contributed by atoms with Crippen LogP contribution in [0, 0.1) is 0 Å². The fraction of sp³-hybridized carbons (Fsp3) is 0.444. The summed E-state index contributed by atoms with van der Waals surface area (Å²) < 4.78 is 0. The number of Topliss-reactive ketones (excluding diaryl/α,β-unsaturated/α-hetero) is 1. The second kappa shape index (κ2) is 8.49. The fourth-order valence-corrected chi connectivity index (χ4v) is 2.20. The zero-order valence-corrected chi connectivity index (χ0v) is 13.5. The molecule has 0 aliphatic heterocycles. The third-order valence-electron chi connectivity index (χ3n) is 3.70. The molecule has 0 saturated carbocycles. The molecular formula is C18H26N2O2. The molecule has 22 heavy (non-hydrogen) atoms. The lowest BCUT2D eigenvalue weighted by molar-refractivity contribution is -0.130. The number of carbonyl (C=O) groups is 2. The van der Waals surface area contributed by atoms with Crippen LogP contribution in [-0.2, 0) is 16.0 Å². The van der Waals surface area contributed by atoms with Crippen LogP contribution in [-0.4, -0.2) is 23.3 Å². The Bertz CT molecular complexity index is 509. The summed E-state index contributed by atoms with van der Waals surface area (Å²) in [5.74, 6) is -0.355. The van der Waals surface area contributed by atoms with Crippen molar-refractivity contribution in [2.45, 2.75) is 51.1 Å². The highest BCUT2D eigenvalue weighted by molar-refractivity contribution is 5.91. The molecule has 0 aromatic heterocycles. The summed E-state index contributed by atoms with van der Waals surface area (Å²) in [6.07, 6.45) is 4.46. The molecule has 0 unspecified atom stereocenters. The Kier molecular flexibility index (Phi) is 6.99. The predicted molar refractivity (Wildman–Crippen MR) is 89.4 cm³/mol. The summed E-state index contributed by atoms with van der Waals surface area (Å²) in [6.45, 7) is 6.84. The van der Waals surface area contributed by atoms with E-state index >= 15 is 0 Å². The van der Waals surface area contributed by atoms with E-state index in [4.69, 9.17) is 5.73 Å². The molecule has 0 aliphatic rings. The van der Waals surface area contributed by atoms with Gasteiger partial charge in [-0.25, -0.2) is 0 Å². The number of hydrogen-bond donors (Lipinski definition) is 2. The predicted octanol–water partition coefficient (Wildman–Crippen LogP) is 2.38. The Balaban J connectivity index is 2.67. The van der Waals surface area contributed by atoms with E-state index in [0.717, 1.165) is 18.4 Å². The molecule has 1 rings (SSSR count). The van der Waals surface area contributed by atoms with Crippen LogP contribution in [0.3, 0.4) is 0 Å². The molecule has 4 heteroatoms. The van der Waals surface area contributed by atoms with Crippen LogP contribution in [0.25, 0.3) is 0 Å². The van der Waals surface area contributed by atoms with E-state index in [1.54, 1.807) is 6.92 Å². The number of amides is 1. The third kappa shape index (κ3) is 5.82. The average molecular weight is 302 g/mol. The normalized spacial score (nSPS) is 14.7. The van der Waals surface area contributed by atoms with E-state index in [0.29, 0.717) is 12.8 Å². The summed E-state index contributed by atoms with van der Waals surface area (Å²) in [4.78, 5) is 24.2. The minimum absolute atomic E-state index is 0.0703. The summed E-state index contributed by atoms with van der Waals surface area (Å²) in [5.41, 5.74) is 6.11. The van der Waals surface area contributed by atoms with Gasteiger partial charge in [-0.1, -0.05) is 36.4 Å². The van der Waals surface area contributed by atoms with Crippen LogP contribution in [0.1, 0.15) is 38.7 Å². The van der Waals surface area contributed by atoms with Gasteiger partial charge in [0.05, 0.1) is 11.6 Å². The Labute approximate surface area is 132 Å². The molecule has 1 aromatic carbocycles. The van der Waals surface area contributed by atoms with Gasteiger partial charge in [-0.3, -0.25) is 9.59 Å². The van der Waals surface area contributed by atoms with E-state index in [-0.39, 0.29) is 11.7 Å². The molecular weight excluding hydrogens is 276 g/mol. The van der Waals surface area contributed by atoms with E-state index in [9.17, 15) is 9.59 Å². The topological polar surface area (TPSA) is 72.2 Å². The van der Waals surface area contributed by atoms with Crippen LogP contribution in [0.5, 0.6) is 0 Å². The lowest BCUT2D eigenvalue weighted by Crippen LogP contribution is -2.55. The first-order valence-corrected chi connectivity index (χ1v) is 7.62. The highest BCUT2D eigenvalue weighted by atomic mass is 16.2. The molecule has 0 spiro atoms. The molecule has 0 radical (unpaired) electrons. The van der Waals surface area contributed by atoms with Crippen molar-refractivity contribution in [3.63, 3.8) is 0 Å². The van der Waals surface area contributed by atoms with Crippen molar-refractivity contribution in [2.75, 3.05) is 0 Å². The second-order valence-corrected chi connectivity index (χ2v) is 5.92. The first-order valence-electron chi connectivity index (χ1n) is 7.62. The molecule has 0 aliphatic carbocycles. The van der Waals surface area contributed by atoms with E-state index < -0.39 is 11.6 Å². The van der Waals surface area contributed by atoms with Crippen LogP contribution >= 0.6 is 0 Å². The van der Waals surface area contributed by atoms with E-state index in [1.165, 1.54) is 6.92 Å². The van der Waals surface area contributed by atoms with Gasteiger partial charge in [0.2, 0.25) is 5.91 Å². The van der Waals surface area contributed by atoms with Crippen molar-refractivity contribution in [1.82, 2.24) is 5.32 Å². The van der Waals surface area contributed by atoms with Gasteiger partial charge >= 0.3 is 0 Å². The highest BCUT2D eigenvalue weighted by Gasteiger charge is 2.30. The van der Waals surface area contributed by atoms with Crippen LogP contribution in [0.4, 0.5) is 0 Å². The molecule has 0 heterocycles. The van der Waals surface area contributed by atoms with Gasteiger partial charge in [-0.05, 0) is 45.1 Å². The number of carbonyl (C=O) groups excluding carboxylic acids is 2. The Morgan fingerprint density at radius 1 is 1.36 bits per heavy atom. The van der Waals surface area contributed by atoms with Crippen molar-refractivity contribution in [3.8, 4) is 0 Å². The summed E-state index contributed by atoms with van der Waals surface area (Å²) >= 11 is 0. The van der Waals surface area contributed by atoms with Crippen molar-refractivity contribution < 1.29 is 9.59 Å². The van der Waals surface area contributed by atoms with Crippen LogP contribution in [0.2, 0.25) is 0 Å². The molecule has 0 saturated heterocycles. The second-order valence-electron chi connectivity index (χ2n) is 5.92. The summed E-state index contributed by atoms with van der Waals surface area (Å²) in [6, 6.07) is 9.08. The quantitative estimate of drug-likeness (QED) is 0.543. The Hall–Kier alpha value is -1.94. The molecule has 0 bridgehead atoms. The lowest BCUT2D eigenvalue weighted by atomic mass is 9.93. The minimum atomic E-state index is -0.979. The highest BCUT2D eigenvalue weighted by Crippen LogP contribution is 2.12. The van der Waals surface area contributed by atoms with E-state index in [1.807, 2.05) is 36.4 Å². The lowest BCUT2D eigenvalue weighted by Gasteiger charge is -2.26. The number of benzene rings is 1. The largest absolute Gasteiger partial charge is 0.344 e. The number of allylic oxidation sites excluding steroid dienone is 1. The van der Waals surface area contributed by atoms with Crippen LogP contribution in [0.15, 0.2) is 43.0 Å². The molecule has 120 valence electrons. The number of nitrogens with one attached hydrogen (secondary N) is 1. The summed E-state index contributed by atoms with van der Waals surface area (Å²) in [7, 11) is 0. The van der Waals surface area contributed by atoms with Gasteiger partial charge in [0.15, 0.2) is 5.78 Å². The van der Waals surface area contributed by atoms with Gasteiger partial charge in [0, 0.05) is 0 Å². The smallest absolute Gasteiger partial charge is 0.240 e. The standard InChI is InChI=1S/C18H26N2O2/c1-4-5-9-12-18(3,19)17(22)20-16(14(2)21)13-15-10-7-6-8-11-15/h4,6-8,10-11,16H,1,5,9,12-13,19H2,2-3H3,(H,20,22)/t16-,18-/m0/s1. The first-order chi connectivity index (χ1) is 10.4. The fourth-order valence-electron chi connectivity index (χ4n) is 2.20. The molecule has 3 N–H and O–H groups in total. The Morgan fingerprint density at radius 2 is 2.00 bits per heavy atom. The van der Waals surface area contributed by atoms with Crippen molar-refractivity contribution >= 4 is 11.7 Å². The van der Waals surface area contributed by atoms with Gasteiger partial charge in [-0.2, -0.15) is 0 Å². The van der Waals surface area contributed by atoms with Crippen molar-refractivity contribution in [3.05, 3.63) is 48.6 Å². The maximum atomic E-state index is 12.3. The maximum Gasteiger partial charge on any atom is 0.240 e. The number of unbranched alkanes of at least 4 members (excludes halogenated alkanes) is 1. The zero-order valence-electron chi connectivity index (χ0n) is 13.5. The number of ketones is 1. The number of hydrogen-bond acceptors (Lipinski definition) is 3. The van der Waals surface area contributed by atoms with Crippen molar-refractivity contribution in [1.29, 1.82) is 0 Å². The molecule has 0 fully saturated rings. The monoisotopic (exact) mass is 302 g/mol. The average Bonchev–Trinajstić information content (AvgIpc) is 2.47. The Morgan fingerprint density at radius 3 is 2.55 bits per heavy atom. The molecule has 1 amide bonds. The molecule has 2 atom stereocenters. The number of nitrogens with two attached hydrogens (primary N) is 1. The first kappa shape index (κ1) is 18.1. The SMILES string of the molecule is C=CCCC[C@](C)(N)C(=O)N[C@@H](Cc1ccccc1)C(C)=O. The summed E-state index contributed by atoms with van der Waals surface area (Å²) in [5, 5.41) is 2.79. The zero-order chi connectivity index (χ0) is 16.6. The van der Waals surface area contributed by atoms with Gasteiger partial charge in [0.1, 0.15) is 0 Å². The molecule has 4 nitrogen and oxygen atoms in total. The van der Waals surface area contributed by atoms with Gasteiger partial charge in [0.25, 0.3) is 0 Å². The van der Waals surface area contributed by atoms with Crippen molar-refractivity contribution in [2.24, 2.45) is 5.73 Å². The molecule has 1 aromatic rings. The van der Waals surface area contributed by atoms with Gasteiger partial charge < -0.3 is 11.1 Å². The van der Waals surface area contributed by atoms with E-state index in [2.05, 4.69) is 11.9 Å². The number of rotatable bonds is 9. The maximum absolute atomic E-state index is 12.3.